The number of nitrogen functional groups attached to an aromatic ring is 11. The quantitative estimate of drug-likeness (QED) is 0.0188. The van der Waals surface area contributed by atoms with Crippen LogP contribution in [0.2, 0.25) is 10.0 Å². The van der Waals surface area contributed by atoms with Gasteiger partial charge in [0.15, 0.2) is 0 Å². The van der Waals surface area contributed by atoms with Crippen LogP contribution in [0.1, 0.15) is 447 Å². The molecule has 0 aliphatic carbocycles. The van der Waals surface area contributed by atoms with Gasteiger partial charge in [-0.2, -0.15) is 0 Å². The summed E-state index contributed by atoms with van der Waals surface area (Å²) in [5.74, 6) is 2.57. The van der Waals surface area contributed by atoms with Crippen molar-refractivity contribution in [1.82, 2.24) is 0 Å². The van der Waals surface area contributed by atoms with Crippen molar-refractivity contribution in [2.24, 2.45) is 0 Å². The van der Waals surface area contributed by atoms with Crippen LogP contribution in [-0.2, 0) is 122 Å². The van der Waals surface area contributed by atoms with Gasteiger partial charge in [-0.3, -0.25) is 0 Å². The Hall–Kier alpha value is -11.0. The molecule has 0 bridgehead atoms. The lowest BCUT2D eigenvalue weighted by Gasteiger charge is -2.21. The van der Waals surface area contributed by atoms with E-state index in [2.05, 4.69) is 350 Å². The Morgan fingerprint density at radius 1 is 0.170 bits per heavy atom. The summed E-state index contributed by atoms with van der Waals surface area (Å²) in [6, 6.07) is 45.3. The predicted molar refractivity (Wildman–Crippen MR) is 662 cm³/mol. The van der Waals surface area contributed by atoms with E-state index in [0.717, 1.165) is 228 Å². The normalized spacial score (nSPS) is 11.0. The van der Waals surface area contributed by atoms with Gasteiger partial charge < -0.3 is 63.1 Å². The first-order chi connectivity index (χ1) is 68.3. The maximum Gasteiger partial charge on any atom is 0.0493 e. The van der Waals surface area contributed by atoms with Gasteiger partial charge in [0.05, 0.1) is 0 Å². The van der Waals surface area contributed by atoms with Crippen LogP contribution in [0.15, 0.2) is 121 Å². The van der Waals surface area contributed by atoms with Gasteiger partial charge in [0.2, 0.25) is 0 Å². The molecule has 0 heterocycles. The summed E-state index contributed by atoms with van der Waals surface area (Å²) in [5.41, 5.74) is 128. The molecule has 0 aromatic heterocycles. The number of hydrogen-bond acceptors (Lipinski definition) is 11. The number of nitrogens with two attached hydrogens (primary N) is 11. The van der Waals surface area contributed by atoms with E-state index in [1.54, 1.807) is 0 Å². The van der Waals surface area contributed by atoms with Crippen LogP contribution >= 0.6 is 23.2 Å². The van der Waals surface area contributed by atoms with Crippen molar-refractivity contribution in [3.05, 3.63) is 348 Å². The lowest BCUT2D eigenvalue weighted by atomic mass is 9.86. The molecule has 12 aromatic carbocycles. The number of benzene rings is 12. The average Bonchev–Trinajstić information content (AvgIpc) is 0.793. The number of aryl methyl sites for hydroxylation is 16. The van der Waals surface area contributed by atoms with Gasteiger partial charge in [0.1, 0.15) is 0 Å². The van der Waals surface area contributed by atoms with Crippen molar-refractivity contribution in [2.75, 3.05) is 63.1 Å². The van der Waals surface area contributed by atoms with Crippen molar-refractivity contribution in [3.8, 4) is 0 Å². The van der Waals surface area contributed by atoms with E-state index in [-0.39, 0.29) is 14.9 Å². The van der Waals surface area contributed by atoms with Gasteiger partial charge in [0.25, 0.3) is 0 Å². The second kappa shape index (κ2) is 59.4. The van der Waals surface area contributed by atoms with E-state index in [4.69, 9.17) is 86.3 Å². The second-order valence-corrected chi connectivity index (χ2v) is 43.1. The molecular formula is C134H199Cl2N11. The zero-order valence-electron chi connectivity index (χ0n) is 96.6. The van der Waals surface area contributed by atoms with E-state index < -0.39 is 0 Å². The number of halogens is 2. The maximum atomic E-state index is 6.76. The molecule has 0 unspecified atom stereocenters. The molecule has 12 rings (SSSR count). The summed E-state index contributed by atoms with van der Waals surface area (Å²) in [5, 5.41) is 1.69. The second-order valence-electron chi connectivity index (χ2n) is 42.3. The summed E-state index contributed by atoms with van der Waals surface area (Å²) in [4.78, 5) is 0. The molecule has 11 nitrogen and oxygen atoms in total. The fourth-order valence-electron chi connectivity index (χ4n) is 20.6. The van der Waals surface area contributed by atoms with Gasteiger partial charge in [-0.25, -0.2) is 0 Å². The fraction of sp³-hybridized carbons (Fsp3) is 0.463. The average molecular weight is 2040 g/mol. The minimum atomic E-state index is 0. The topological polar surface area (TPSA) is 286 Å². The van der Waals surface area contributed by atoms with Gasteiger partial charge in [-0.05, 0) is 430 Å². The molecule has 0 radical (unpaired) electrons. The van der Waals surface area contributed by atoms with Crippen molar-refractivity contribution in [3.63, 3.8) is 0 Å². The predicted octanol–water partition coefficient (Wildman–Crippen LogP) is 35.1. The third kappa shape index (κ3) is 33.0. The van der Waals surface area contributed by atoms with Crippen LogP contribution in [0.25, 0.3) is 0 Å². The highest BCUT2D eigenvalue weighted by Crippen LogP contribution is 2.41. The van der Waals surface area contributed by atoms with Crippen molar-refractivity contribution >= 4 is 85.8 Å². The molecule has 0 spiro atoms. The molecule has 147 heavy (non-hydrogen) atoms. The molecule has 0 amide bonds. The minimum absolute atomic E-state index is 0. The lowest BCUT2D eigenvalue weighted by Crippen LogP contribution is -2.07. The lowest BCUT2D eigenvalue weighted by molar-refractivity contribution is 0.829. The van der Waals surface area contributed by atoms with Crippen LogP contribution in [0.5, 0.6) is 0 Å². The SMILES string of the molecule is C.C.CC(C)c1cc(Cc2cc(C(C)C)c(N)c(C(C)C)c2)cc(C(C)C)c1N.CCc1cc(C)c(N)c(CC)c1N.CCc1cc(CC)c(N)c(C)c1N.CCc1cc(Cc2cc(C)c(N)c(CC)c2)cc(C)c1C.CCc1cc(Cc2cc(CC)c(N)c(CC)c2)cc(CC)c1C.CCc1cc(Cc2cc(CC)c(N)c(CC)c2Cl)c(Cl)c(CC)c1C.Cc1cc(Cc2cc(C)c(N)c(C(C)C)c2)cc(C(C)C)c1N. The molecule has 13 heteroatoms. The molecule has 804 valence electrons. The largest absolute Gasteiger partial charge is 0.398 e. The molecule has 0 fully saturated rings. The third-order valence-electron chi connectivity index (χ3n) is 30.1. The Labute approximate surface area is 905 Å². The van der Waals surface area contributed by atoms with E-state index in [1.165, 1.54) is 184 Å². The molecular weight excluding hydrogens is 1830 g/mol. The van der Waals surface area contributed by atoms with Crippen LogP contribution in [-0.4, -0.2) is 0 Å². The maximum absolute atomic E-state index is 6.76. The minimum Gasteiger partial charge on any atom is -0.398 e. The molecule has 0 aliphatic heterocycles. The van der Waals surface area contributed by atoms with Gasteiger partial charge in [-0.15, -0.1) is 0 Å². The van der Waals surface area contributed by atoms with E-state index >= 15 is 0 Å². The first-order valence-electron chi connectivity index (χ1n) is 54.6. The molecule has 0 atom stereocenters. The molecule has 12 aromatic rings. The first kappa shape index (κ1) is 128. The van der Waals surface area contributed by atoms with Crippen molar-refractivity contribution < 1.29 is 0 Å². The highest BCUT2D eigenvalue weighted by molar-refractivity contribution is 6.33. The standard InChI is InChI=1S/C25H38N2.C22H29Cl2N.C22H31N.C21H30N2.C20H27N.2C11H18N2.2CH4/c1-14(2)20-10-18(11-21(15(3)4)24(20)26)9-19-12-22(16(5)6)25(27)23(13-19)17(7)8;1-6-14-10-16(20(23)18(8-3)13(14)5)12-17-11-15(7-2)22(25)19(9-4)21(17)24;1-6-18-11-16(12-19(7-2)15(18)5)10-17-13-20(8-3)22(23)21(9-4)14-17;1-12(2)18-10-16(7-14(5)20(18)22)9-17-8-15(6)21(23)19(11-17)13(3)4;1-6-18-11-16(8-13(3)15(18)5)10-17-9-14(4)20(21)19(7-2)12-17;1-4-8-6-9(5-2)11(13)7(3)10(8)12;1-4-8-6-7(3)10(12)9(5-2)11(8)13;;/h10-17H,9,26-27H2,1-8H3;10-11H,6-9,12,25H2,1-5H3;11-14H,6-10,23H2,1-5H3;7-8,10-13H,9,22-23H2,1-6H3;8-9,11-12H,6-7,10,21H2,1-5H3;2*6H,4-5,12-13H2,1-3H3;2*1H4. The van der Waals surface area contributed by atoms with Gasteiger partial charge in [-0.1, -0.05) is 339 Å². The Morgan fingerprint density at radius 2 is 0.388 bits per heavy atom. The van der Waals surface area contributed by atoms with Crippen LogP contribution in [0, 0.1) is 62.3 Å². The van der Waals surface area contributed by atoms with Crippen LogP contribution in [0.4, 0.5) is 62.6 Å². The number of hydrogen-bond donors (Lipinski definition) is 11. The van der Waals surface area contributed by atoms with Gasteiger partial charge in [0, 0.05) is 79.0 Å². The molecule has 0 aliphatic rings. The highest BCUT2D eigenvalue weighted by atomic mass is 35.5. The number of rotatable bonds is 30. The smallest absolute Gasteiger partial charge is 0.0493 e. The van der Waals surface area contributed by atoms with E-state index in [1.807, 2.05) is 13.8 Å². The summed E-state index contributed by atoms with van der Waals surface area (Å²) >= 11 is 13.5. The van der Waals surface area contributed by atoms with E-state index in [9.17, 15) is 0 Å². The summed E-state index contributed by atoms with van der Waals surface area (Å²) in [6.45, 7) is 76.0. The Morgan fingerprint density at radius 3 is 0.707 bits per heavy atom. The summed E-state index contributed by atoms with van der Waals surface area (Å²) < 4.78 is 0. The van der Waals surface area contributed by atoms with Crippen LogP contribution in [0.3, 0.4) is 0 Å². The van der Waals surface area contributed by atoms with Crippen LogP contribution < -0.4 is 63.1 Å². The Balaban J connectivity index is 0.000000361. The highest BCUT2D eigenvalue weighted by Gasteiger charge is 2.24. The van der Waals surface area contributed by atoms with Crippen molar-refractivity contribution in [1.29, 1.82) is 0 Å². The Bertz CT molecular complexity index is 5920. The van der Waals surface area contributed by atoms with Gasteiger partial charge >= 0.3 is 0 Å². The molecule has 0 saturated carbocycles. The zero-order valence-corrected chi connectivity index (χ0v) is 98.1. The fourth-order valence-corrected chi connectivity index (χ4v) is 21.3. The summed E-state index contributed by atoms with van der Waals surface area (Å²) in [7, 11) is 0. The summed E-state index contributed by atoms with van der Waals surface area (Å²) in [6.07, 6.45) is 18.4. The Kier molecular flexibility index (Phi) is 51.9. The zero-order chi connectivity index (χ0) is 109. The third-order valence-corrected chi connectivity index (χ3v) is 31.0. The van der Waals surface area contributed by atoms with E-state index in [0.29, 0.717) is 35.5 Å². The first-order valence-corrected chi connectivity index (χ1v) is 55.4. The monoisotopic (exact) mass is 2030 g/mol. The molecule has 22 N–H and O–H groups in total. The van der Waals surface area contributed by atoms with Crippen molar-refractivity contribution in [2.45, 2.75) is 415 Å². The molecule has 0 saturated heterocycles. The number of anilines is 11.